The van der Waals surface area contributed by atoms with Crippen LogP contribution in [0.25, 0.3) is 9.40 Å². The normalized spacial score (nSPS) is 14.0. The van der Waals surface area contributed by atoms with E-state index < -0.39 is 0 Å². The van der Waals surface area contributed by atoms with Crippen LogP contribution in [0.3, 0.4) is 0 Å². The van der Waals surface area contributed by atoms with E-state index in [1.54, 1.807) is 0 Å². The van der Waals surface area contributed by atoms with Crippen molar-refractivity contribution in [3.8, 4) is 0 Å². The molecule has 0 aromatic carbocycles. The second-order valence-corrected chi connectivity index (χ2v) is 5.90. The van der Waals surface area contributed by atoms with E-state index in [2.05, 4.69) is 43.6 Å². The maximum Gasteiger partial charge on any atom is 0.0454 e. The highest BCUT2D eigenvalue weighted by Crippen LogP contribution is 2.33. The first kappa shape index (κ1) is 10.1. The summed E-state index contributed by atoms with van der Waals surface area (Å²) in [6.07, 6.45) is 0. The average Bonchev–Trinajstić information content (AvgIpc) is 2.58. The molecule has 1 atom stereocenters. The van der Waals surface area contributed by atoms with Gasteiger partial charge in [0.15, 0.2) is 0 Å². The molecule has 3 heteroatoms. The van der Waals surface area contributed by atoms with Crippen LogP contribution in [0.5, 0.6) is 0 Å². The van der Waals surface area contributed by atoms with Crippen molar-refractivity contribution in [2.45, 2.75) is 32.9 Å². The van der Waals surface area contributed by atoms with Crippen molar-refractivity contribution in [3.63, 3.8) is 0 Å². The zero-order valence-corrected chi connectivity index (χ0v) is 10.3. The Balaban J connectivity index is 2.21. The first-order chi connectivity index (χ1) is 6.66. The van der Waals surface area contributed by atoms with Crippen LogP contribution in [0.15, 0.2) is 17.5 Å². The summed E-state index contributed by atoms with van der Waals surface area (Å²) in [4.78, 5) is 1.44. The Morgan fingerprint density at radius 1 is 1.21 bits per heavy atom. The molecule has 0 saturated heterocycles. The highest BCUT2D eigenvalue weighted by Gasteiger charge is 2.10. The van der Waals surface area contributed by atoms with Crippen molar-refractivity contribution in [3.05, 3.63) is 22.4 Å². The van der Waals surface area contributed by atoms with Crippen molar-refractivity contribution >= 4 is 32.1 Å². The molecule has 2 aromatic heterocycles. The molecule has 1 nitrogen and oxygen atoms in total. The molecule has 0 aliphatic carbocycles. The third-order valence-electron chi connectivity index (χ3n) is 2.17. The topological polar surface area (TPSA) is 12.0 Å². The van der Waals surface area contributed by atoms with Crippen molar-refractivity contribution in [1.29, 1.82) is 0 Å². The molecule has 0 saturated carbocycles. The summed E-state index contributed by atoms with van der Waals surface area (Å²) < 4.78 is 2.84. The van der Waals surface area contributed by atoms with Gasteiger partial charge in [-0.3, -0.25) is 0 Å². The van der Waals surface area contributed by atoms with Gasteiger partial charge in [0.05, 0.1) is 0 Å². The highest BCUT2D eigenvalue weighted by molar-refractivity contribution is 7.26. The SMILES string of the molecule is CC(C)NC(C)c1cc2sccc2s1. The summed E-state index contributed by atoms with van der Waals surface area (Å²) in [5.41, 5.74) is 0. The van der Waals surface area contributed by atoms with E-state index in [1.807, 2.05) is 22.7 Å². The third-order valence-corrected chi connectivity index (χ3v) is 4.44. The molecule has 14 heavy (non-hydrogen) atoms. The Labute approximate surface area is 92.8 Å². The van der Waals surface area contributed by atoms with Gasteiger partial charge in [-0.15, -0.1) is 22.7 Å². The summed E-state index contributed by atoms with van der Waals surface area (Å²) in [6.45, 7) is 6.61. The number of hydrogen-bond acceptors (Lipinski definition) is 3. The summed E-state index contributed by atoms with van der Waals surface area (Å²) >= 11 is 3.73. The summed E-state index contributed by atoms with van der Waals surface area (Å²) in [7, 11) is 0. The van der Waals surface area contributed by atoms with Gasteiger partial charge in [0.1, 0.15) is 0 Å². The molecule has 0 bridgehead atoms. The maximum absolute atomic E-state index is 3.52. The van der Waals surface area contributed by atoms with E-state index in [4.69, 9.17) is 0 Å². The van der Waals surface area contributed by atoms with Gasteiger partial charge in [0, 0.05) is 26.4 Å². The molecule has 0 spiro atoms. The molecule has 0 fully saturated rings. The van der Waals surface area contributed by atoms with Gasteiger partial charge in [0.25, 0.3) is 0 Å². The molecular weight excluding hydrogens is 210 g/mol. The summed E-state index contributed by atoms with van der Waals surface area (Å²) in [5, 5.41) is 5.68. The monoisotopic (exact) mass is 225 g/mol. The van der Waals surface area contributed by atoms with Crippen LogP contribution in [0.4, 0.5) is 0 Å². The fourth-order valence-corrected chi connectivity index (χ4v) is 3.71. The lowest BCUT2D eigenvalue weighted by molar-refractivity contribution is 0.512. The van der Waals surface area contributed by atoms with Crippen LogP contribution >= 0.6 is 22.7 Å². The zero-order chi connectivity index (χ0) is 10.1. The molecule has 2 aromatic rings. The zero-order valence-electron chi connectivity index (χ0n) is 8.70. The third kappa shape index (κ3) is 2.00. The first-order valence-electron chi connectivity index (χ1n) is 4.90. The lowest BCUT2D eigenvalue weighted by Crippen LogP contribution is -2.25. The van der Waals surface area contributed by atoms with Gasteiger partial charge in [-0.05, 0) is 24.4 Å². The predicted molar refractivity (Wildman–Crippen MR) is 66.4 cm³/mol. The molecule has 0 aliphatic heterocycles. The fraction of sp³-hybridized carbons (Fsp3) is 0.455. The van der Waals surface area contributed by atoms with Gasteiger partial charge in [-0.1, -0.05) is 13.8 Å². The van der Waals surface area contributed by atoms with Gasteiger partial charge < -0.3 is 5.32 Å². The van der Waals surface area contributed by atoms with Crippen LogP contribution in [-0.4, -0.2) is 6.04 Å². The van der Waals surface area contributed by atoms with E-state index in [-0.39, 0.29) is 0 Å². The molecule has 2 rings (SSSR count). The van der Waals surface area contributed by atoms with E-state index in [9.17, 15) is 0 Å². The van der Waals surface area contributed by atoms with E-state index in [0.717, 1.165) is 0 Å². The minimum Gasteiger partial charge on any atom is -0.307 e. The number of rotatable bonds is 3. The van der Waals surface area contributed by atoms with Gasteiger partial charge in [-0.2, -0.15) is 0 Å². The smallest absolute Gasteiger partial charge is 0.0454 e. The molecular formula is C11H15NS2. The van der Waals surface area contributed by atoms with Crippen LogP contribution < -0.4 is 5.32 Å². The van der Waals surface area contributed by atoms with E-state index in [1.165, 1.54) is 14.3 Å². The van der Waals surface area contributed by atoms with Crippen LogP contribution in [0.1, 0.15) is 31.7 Å². The van der Waals surface area contributed by atoms with Crippen LogP contribution in [-0.2, 0) is 0 Å². The Hall–Kier alpha value is -0.380. The quantitative estimate of drug-likeness (QED) is 0.832. The molecule has 2 heterocycles. The first-order valence-corrected chi connectivity index (χ1v) is 6.59. The number of thiophene rings is 2. The predicted octanol–water partition coefficient (Wildman–Crippen LogP) is 4.02. The van der Waals surface area contributed by atoms with Crippen molar-refractivity contribution in [1.82, 2.24) is 5.32 Å². The lowest BCUT2D eigenvalue weighted by atomic mass is 10.2. The van der Waals surface area contributed by atoms with E-state index >= 15 is 0 Å². The van der Waals surface area contributed by atoms with Gasteiger partial charge >= 0.3 is 0 Å². The molecule has 0 radical (unpaired) electrons. The van der Waals surface area contributed by atoms with Crippen molar-refractivity contribution in [2.24, 2.45) is 0 Å². The Morgan fingerprint density at radius 3 is 2.64 bits per heavy atom. The second kappa shape index (κ2) is 4.01. The molecule has 0 aliphatic rings. The van der Waals surface area contributed by atoms with Crippen molar-refractivity contribution in [2.75, 3.05) is 0 Å². The lowest BCUT2D eigenvalue weighted by Gasteiger charge is -2.14. The standard InChI is InChI=1S/C11H15NS2/c1-7(2)12-8(3)10-6-11-9(14-10)4-5-13-11/h4-8,12H,1-3H3. The van der Waals surface area contributed by atoms with Gasteiger partial charge in [-0.25, -0.2) is 0 Å². The van der Waals surface area contributed by atoms with Gasteiger partial charge in [0.2, 0.25) is 0 Å². The fourth-order valence-electron chi connectivity index (χ4n) is 1.58. The molecule has 1 N–H and O–H groups in total. The summed E-state index contributed by atoms with van der Waals surface area (Å²) in [5.74, 6) is 0. The van der Waals surface area contributed by atoms with Crippen LogP contribution in [0, 0.1) is 0 Å². The molecule has 1 unspecified atom stereocenters. The maximum atomic E-state index is 3.52. The highest BCUT2D eigenvalue weighted by atomic mass is 32.1. The minimum atomic E-state index is 0.472. The number of fused-ring (bicyclic) bond motifs is 1. The number of nitrogens with one attached hydrogen (secondary N) is 1. The Morgan fingerprint density at radius 2 is 2.00 bits per heavy atom. The average molecular weight is 225 g/mol. The largest absolute Gasteiger partial charge is 0.307 e. The molecule has 0 amide bonds. The van der Waals surface area contributed by atoms with E-state index in [0.29, 0.717) is 12.1 Å². The Kier molecular flexibility index (Phi) is 2.91. The van der Waals surface area contributed by atoms with Crippen molar-refractivity contribution < 1.29 is 0 Å². The minimum absolute atomic E-state index is 0.472. The second-order valence-electron chi connectivity index (χ2n) is 3.84. The Bertz CT molecular complexity index is 385. The summed E-state index contributed by atoms with van der Waals surface area (Å²) in [6, 6.07) is 5.53. The number of hydrogen-bond donors (Lipinski definition) is 1. The molecule has 76 valence electrons. The van der Waals surface area contributed by atoms with Crippen LogP contribution in [0.2, 0.25) is 0 Å².